The Hall–Kier alpha value is -1.88. The smallest absolute Gasteiger partial charge is 0.279 e. The molecule has 2 rings (SSSR count). The van der Waals surface area contributed by atoms with Gasteiger partial charge in [0.05, 0.1) is 7.05 Å². The zero-order valence-electron chi connectivity index (χ0n) is 12.7. The third-order valence-electron chi connectivity index (χ3n) is 3.54. The van der Waals surface area contributed by atoms with Crippen LogP contribution in [0.5, 0.6) is 0 Å². The second-order valence-corrected chi connectivity index (χ2v) is 5.71. The minimum absolute atomic E-state index is 0.0248. The first-order valence-corrected chi connectivity index (χ1v) is 7.57. The molecular weight excluding hydrogens is 266 g/mol. The number of benzene rings is 1. The molecule has 1 aromatic carbocycles. The van der Waals surface area contributed by atoms with Crippen LogP contribution in [-0.2, 0) is 16.0 Å². The summed E-state index contributed by atoms with van der Waals surface area (Å²) in [6.45, 7) is 2.68. The highest BCUT2D eigenvalue weighted by atomic mass is 16.2. The van der Waals surface area contributed by atoms with E-state index in [-0.39, 0.29) is 18.4 Å². The number of anilines is 1. The van der Waals surface area contributed by atoms with E-state index in [4.69, 9.17) is 0 Å². The van der Waals surface area contributed by atoms with Crippen LogP contribution in [0.2, 0.25) is 0 Å². The molecule has 0 aliphatic heterocycles. The molecule has 0 bridgehead atoms. The van der Waals surface area contributed by atoms with Crippen LogP contribution in [-0.4, -0.2) is 38.0 Å². The lowest BCUT2D eigenvalue weighted by molar-refractivity contribution is -0.862. The molecule has 114 valence electrons. The minimum atomic E-state index is -0.0624. The summed E-state index contributed by atoms with van der Waals surface area (Å²) in [7, 11) is 1.86. The number of carbonyl (C=O) groups is 2. The average molecular weight is 290 g/mol. The van der Waals surface area contributed by atoms with Gasteiger partial charge in [0, 0.05) is 11.7 Å². The van der Waals surface area contributed by atoms with E-state index in [1.54, 1.807) is 0 Å². The summed E-state index contributed by atoms with van der Waals surface area (Å²) in [5, 5.41) is 5.86. The highest BCUT2D eigenvalue weighted by Gasteiger charge is 2.24. The van der Waals surface area contributed by atoms with Crippen molar-refractivity contribution in [3.63, 3.8) is 0 Å². The predicted octanol–water partition coefficient (Wildman–Crippen LogP) is -0.0192. The van der Waals surface area contributed by atoms with Gasteiger partial charge in [0.25, 0.3) is 11.8 Å². The zero-order valence-corrected chi connectivity index (χ0v) is 12.7. The maximum absolute atomic E-state index is 12.0. The van der Waals surface area contributed by atoms with Crippen molar-refractivity contribution in [1.82, 2.24) is 5.32 Å². The molecule has 1 aliphatic carbocycles. The second kappa shape index (κ2) is 7.22. The summed E-state index contributed by atoms with van der Waals surface area (Å²) < 4.78 is 0. The fourth-order valence-corrected chi connectivity index (χ4v) is 2.26. The van der Waals surface area contributed by atoms with Gasteiger partial charge in [-0.1, -0.05) is 25.1 Å². The van der Waals surface area contributed by atoms with E-state index in [9.17, 15) is 9.59 Å². The van der Waals surface area contributed by atoms with Crippen molar-refractivity contribution in [2.75, 3.05) is 25.5 Å². The quantitative estimate of drug-likeness (QED) is 0.661. The Bertz CT molecular complexity index is 512. The van der Waals surface area contributed by atoms with Crippen LogP contribution in [0, 0.1) is 0 Å². The molecule has 5 nitrogen and oxygen atoms in total. The molecule has 0 spiro atoms. The number of hydrogen-bond donors (Lipinski definition) is 3. The lowest BCUT2D eigenvalue weighted by Crippen LogP contribution is -3.11. The number of para-hydroxylation sites is 1. The summed E-state index contributed by atoms with van der Waals surface area (Å²) in [6, 6.07) is 8.17. The SMILES string of the molecule is CCc1ccccc1NC(=O)C[NH+](C)CC(=O)NC1CC1. The van der Waals surface area contributed by atoms with Gasteiger partial charge >= 0.3 is 0 Å². The second-order valence-electron chi connectivity index (χ2n) is 5.71. The van der Waals surface area contributed by atoms with Crippen molar-refractivity contribution in [3.8, 4) is 0 Å². The Balaban J connectivity index is 1.78. The molecule has 2 amide bonds. The average Bonchev–Trinajstić information content (AvgIpc) is 3.22. The van der Waals surface area contributed by atoms with E-state index in [1.165, 1.54) is 0 Å². The zero-order chi connectivity index (χ0) is 15.2. The van der Waals surface area contributed by atoms with Gasteiger partial charge in [-0.05, 0) is 30.9 Å². The molecule has 3 N–H and O–H groups in total. The third-order valence-corrected chi connectivity index (χ3v) is 3.54. The lowest BCUT2D eigenvalue weighted by atomic mass is 10.1. The first-order chi connectivity index (χ1) is 10.1. The summed E-state index contributed by atoms with van der Waals surface area (Å²) in [6.07, 6.45) is 3.04. The van der Waals surface area contributed by atoms with Gasteiger partial charge in [0.1, 0.15) is 0 Å². The van der Waals surface area contributed by atoms with Crippen LogP contribution in [0.1, 0.15) is 25.3 Å². The largest absolute Gasteiger partial charge is 0.348 e. The van der Waals surface area contributed by atoms with Gasteiger partial charge < -0.3 is 15.5 Å². The van der Waals surface area contributed by atoms with E-state index in [2.05, 4.69) is 17.6 Å². The number of carbonyl (C=O) groups excluding carboxylic acids is 2. The molecule has 1 atom stereocenters. The number of hydrogen-bond acceptors (Lipinski definition) is 2. The maximum atomic E-state index is 12.0. The predicted molar refractivity (Wildman–Crippen MR) is 82.2 cm³/mol. The first kappa shape index (κ1) is 15.5. The molecule has 0 aromatic heterocycles. The van der Waals surface area contributed by atoms with Gasteiger partial charge in [-0.25, -0.2) is 0 Å². The third kappa shape index (κ3) is 5.19. The Labute approximate surface area is 125 Å². The molecule has 0 saturated heterocycles. The van der Waals surface area contributed by atoms with Gasteiger partial charge in [-0.2, -0.15) is 0 Å². The Kier molecular flexibility index (Phi) is 5.33. The molecule has 1 saturated carbocycles. The summed E-state index contributed by atoms with van der Waals surface area (Å²) in [5.74, 6) is -0.0376. The highest BCUT2D eigenvalue weighted by Crippen LogP contribution is 2.18. The van der Waals surface area contributed by atoms with Crippen molar-refractivity contribution in [1.29, 1.82) is 0 Å². The van der Waals surface area contributed by atoms with Gasteiger partial charge in [-0.15, -0.1) is 0 Å². The standard InChI is InChI=1S/C16H23N3O2/c1-3-12-6-4-5-7-14(12)18-16(21)11-19(2)10-15(20)17-13-8-9-13/h4-7,13H,3,8-11H2,1-2H3,(H,17,20)(H,18,21)/p+1. The van der Waals surface area contributed by atoms with Crippen LogP contribution in [0.15, 0.2) is 24.3 Å². The molecule has 5 heteroatoms. The van der Waals surface area contributed by atoms with E-state index in [0.29, 0.717) is 12.6 Å². The Morgan fingerprint density at radius 1 is 1.19 bits per heavy atom. The Morgan fingerprint density at radius 3 is 2.52 bits per heavy atom. The summed E-state index contributed by atoms with van der Waals surface area (Å²) in [4.78, 5) is 24.6. The minimum Gasteiger partial charge on any atom is -0.348 e. The Morgan fingerprint density at radius 2 is 1.86 bits per heavy atom. The number of quaternary nitrogens is 1. The summed E-state index contributed by atoms with van der Waals surface area (Å²) in [5.41, 5.74) is 1.98. The maximum Gasteiger partial charge on any atom is 0.279 e. The normalized spacial score (nSPS) is 15.3. The van der Waals surface area contributed by atoms with Crippen molar-refractivity contribution < 1.29 is 14.5 Å². The van der Waals surface area contributed by atoms with E-state index < -0.39 is 0 Å². The fraction of sp³-hybridized carbons (Fsp3) is 0.500. The molecule has 1 aromatic rings. The number of nitrogens with one attached hydrogen (secondary N) is 3. The fourth-order valence-electron chi connectivity index (χ4n) is 2.26. The molecule has 1 unspecified atom stereocenters. The van der Waals surface area contributed by atoms with Crippen molar-refractivity contribution in [2.24, 2.45) is 0 Å². The van der Waals surface area contributed by atoms with E-state index in [1.807, 2.05) is 31.3 Å². The van der Waals surface area contributed by atoms with Crippen molar-refractivity contribution >= 4 is 17.5 Å². The summed E-state index contributed by atoms with van der Waals surface area (Å²) >= 11 is 0. The number of aryl methyl sites for hydroxylation is 1. The van der Waals surface area contributed by atoms with Crippen LogP contribution >= 0.6 is 0 Å². The topological polar surface area (TPSA) is 62.6 Å². The molecule has 1 aliphatic rings. The first-order valence-electron chi connectivity index (χ1n) is 7.57. The van der Waals surface area contributed by atoms with Gasteiger partial charge in [-0.3, -0.25) is 9.59 Å². The van der Waals surface area contributed by atoms with E-state index >= 15 is 0 Å². The van der Waals surface area contributed by atoms with Crippen LogP contribution < -0.4 is 15.5 Å². The molecule has 0 heterocycles. The van der Waals surface area contributed by atoms with Crippen LogP contribution in [0.4, 0.5) is 5.69 Å². The number of amides is 2. The monoisotopic (exact) mass is 290 g/mol. The van der Waals surface area contributed by atoms with Crippen molar-refractivity contribution in [2.45, 2.75) is 32.2 Å². The van der Waals surface area contributed by atoms with Gasteiger partial charge in [0.2, 0.25) is 0 Å². The number of rotatable bonds is 7. The lowest BCUT2D eigenvalue weighted by Gasteiger charge is -2.14. The number of likely N-dealkylation sites (N-methyl/N-ethyl adjacent to an activating group) is 1. The van der Waals surface area contributed by atoms with Crippen LogP contribution in [0.3, 0.4) is 0 Å². The highest BCUT2D eigenvalue weighted by molar-refractivity contribution is 5.92. The molecule has 0 radical (unpaired) electrons. The molecular formula is C16H24N3O2+. The van der Waals surface area contributed by atoms with Crippen molar-refractivity contribution in [3.05, 3.63) is 29.8 Å². The molecule has 1 fully saturated rings. The van der Waals surface area contributed by atoms with E-state index in [0.717, 1.165) is 35.4 Å². The van der Waals surface area contributed by atoms with Gasteiger partial charge in [0.15, 0.2) is 13.1 Å². The van der Waals surface area contributed by atoms with Crippen LogP contribution in [0.25, 0.3) is 0 Å². The molecule has 21 heavy (non-hydrogen) atoms.